The third-order valence-electron chi connectivity index (χ3n) is 2.47. The van der Waals surface area contributed by atoms with E-state index < -0.39 is 0 Å². The van der Waals surface area contributed by atoms with Crippen molar-refractivity contribution in [2.24, 2.45) is 0 Å². The van der Waals surface area contributed by atoms with Crippen LogP contribution < -0.4 is 5.32 Å². The normalized spacial score (nSPS) is 12.1. The van der Waals surface area contributed by atoms with Crippen molar-refractivity contribution in [2.45, 2.75) is 46.1 Å². The summed E-state index contributed by atoms with van der Waals surface area (Å²) in [5, 5.41) is 5.87. The van der Waals surface area contributed by atoms with Crippen LogP contribution in [0.25, 0.3) is 10.2 Å². The molecule has 0 atom stereocenters. The van der Waals surface area contributed by atoms with E-state index in [9.17, 15) is 0 Å². The third-order valence-corrected chi connectivity index (χ3v) is 3.67. The number of hydrogen-bond acceptors (Lipinski definition) is 4. The van der Waals surface area contributed by atoms with Crippen molar-refractivity contribution in [3.05, 3.63) is 16.2 Å². The van der Waals surface area contributed by atoms with Crippen LogP contribution in [-0.4, -0.2) is 15.5 Å². The molecule has 0 amide bonds. The summed E-state index contributed by atoms with van der Waals surface area (Å²) < 4.78 is 1.10. The first-order chi connectivity index (χ1) is 8.40. The van der Waals surface area contributed by atoms with Crippen molar-refractivity contribution in [3.8, 4) is 0 Å². The minimum absolute atomic E-state index is 0.0421. The Hall–Kier alpha value is -0.870. The van der Waals surface area contributed by atoms with Crippen LogP contribution in [0, 0.1) is 0 Å². The Morgan fingerprint density at radius 2 is 2.06 bits per heavy atom. The fourth-order valence-corrected chi connectivity index (χ4v) is 2.98. The third kappa shape index (κ3) is 2.93. The maximum Gasteiger partial charge on any atom is 0.224 e. The molecular weight excluding hydrogens is 266 g/mol. The standard InChI is InChI=1S/C13H18ClN3S/c1-5-6-8-7-18-10-9(8)15-12(14)16-11(10)17-13(2,3)4/h7H,5-6H2,1-4H3,(H,15,16,17). The highest BCUT2D eigenvalue weighted by Crippen LogP contribution is 2.32. The molecular formula is C13H18ClN3S. The quantitative estimate of drug-likeness (QED) is 0.842. The lowest BCUT2D eigenvalue weighted by Crippen LogP contribution is -2.26. The summed E-state index contributed by atoms with van der Waals surface area (Å²) in [5.74, 6) is 0.838. The van der Waals surface area contributed by atoms with E-state index in [1.54, 1.807) is 11.3 Å². The van der Waals surface area contributed by atoms with Crippen molar-refractivity contribution in [2.75, 3.05) is 5.32 Å². The van der Waals surface area contributed by atoms with E-state index in [0.717, 1.165) is 28.9 Å². The zero-order chi connectivity index (χ0) is 13.3. The molecule has 0 saturated heterocycles. The Balaban J connectivity index is 2.53. The van der Waals surface area contributed by atoms with Crippen molar-refractivity contribution < 1.29 is 0 Å². The molecule has 2 heterocycles. The second-order valence-corrected chi connectivity index (χ2v) is 6.62. The zero-order valence-electron chi connectivity index (χ0n) is 11.2. The van der Waals surface area contributed by atoms with E-state index in [4.69, 9.17) is 11.6 Å². The first-order valence-electron chi connectivity index (χ1n) is 6.12. The van der Waals surface area contributed by atoms with Gasteiger partial charge in [0.15, 0.2) is 0 Å². The molecule has 2 aromatic heterocycles. The molecule has 2 aromatic rings. The van der Waals surface area contributed by atoms with Gasteiger partial charge in [0.2, 0.25) is 5.28 Å². The summed E-state index contributed by atoms with van der Waals surface area (Å²) in [6.45, 7) is 8.49. The summed E-state index contributed by atoms with van der Waals surface area (Å²) in [6.07, 6.45) is 2.14. The number of rotatable bonds is 3. The molecule has 0 aliphatic rings. The van der Waals surface area contributed by atoms with Gasteiger partial charge < -0.3 is 5.32 Å². The average Bonchev–Trinajstić information content (AvgIpc) is 2.60. The van der Waals surface area contributed by atoms with Crippen LogP contribution in [0.4, 0.5) is 5.82 Å². The molecule has 1 N–H and O–H groups in total. The highest BCUT2D eigenvalue weighted by molar-refractivity contribution is 7.18. The van der Waals surface area contributed by atoms with Crippen molar-refractivity contribution in [3.63, 3.8) is 0 Å². The average molecular weight is 284 g/mol. The SMILES string of the molecule is CCCc1csc2c(NC(C)(C)C)nc(Cl)nc12. The van der Waals surface area contributed by atoms with Crippen LogP contribution in [-0.2, 0) is 6.42 Å². The zero-order valence-corrected chi connectivity index (χ0v) is 12.7. The first-order valence-corrected chi connectivity index (χ1v) is 7.38. The molecule has 3 nitrogen and oxygen atoms in total. The summed E-state index contributed by atoms with van der Waals surface area (Å²) in [7, 11) is 0. The number of hydrogen-bond donors (Lipinski definition) is 1. The number of halogens is 1. The van der Waals surface area contributed by atoms with Crippen LogP contribution in [0.1, 0.15) is 39.7 Å². The van der Waals surface area contributed by atoms with Gasteiger partial charge in [-0.3, -0.25) is 0 Å². The predicted molar refractivity (Wildman–Crippen MR) is 79.8 cm³/mol. The van der Waals surface area contributed by atoms with E-state index in [1.165, 1.54) is 5.56 Å². The lowest BCUT2D eigenvalue weighted by Gasteiger charge is -2.21. The van der Waals surface area contributed by atoms with Gasteiger partial charge in [0, 0.05) is 5.54 Å². The minimum Gasteiger partial charge on any atom is -0.364 e. The van der Waals surface area contributed by atoms with Gasteiger partial charge in [0.1, 0.15) is 5.82 Å². The van der Waals surface area contributed by atoms with E-state index in [1.807, 2.05) is 0 Å². The maximum absolute atomic E-state index is 6.02. The van der Waals surface area contributed by atoms with E-state index in [-0.39, 0.29) is 5.54 Å². The van der Waals surface area contributed by atoms with Gasteiger partial charge in [-0.2, -0.15) is 4.98 Å². The van der Waals surface area contributed by atoms with Crippen LogP contribution in [0.3, 0.4) is 0 Å². The van der Waals surface area contributed by atoms with E-state index in [2.05, 4.69) is 48.4 Å². The lowest BCUT2D eigenvalue weighted by atomic mass is 10.1. The first kappa shape index (κ1) is 13.6. The smallest absolute Gasteiger partial charge is 0.224 e. The lowest BCUT2D eigenvalue weighted by molar-refractivity contribution is 0.631. The summed E-state index contributed by atoms with van der Waals surface area (Å²) in [5.41, 5.74) is 2.21. The van der Waals surface area contributed by atoms with Crippen molar-refractivity contribution in [1.29, 1.82) is 0 Å². The van der Waals surface area contributed by atoms with Gasteiger partial charge in [0.05, 0.1) is 10.2 Å². The van der Waals surface area contributed by atoms with Gasteiger partial charge in [0.25, 0.3) is 0 Å². The fraction of sp³-hybridized carbons (Fsp3) is 0.538. The van der Waals surface area contributed by atoms with E-state index >= 15 is 0 Å². The fourth-order valence-electron chi connectivity index (χ4n) is 1.82. The number of thiophene rings is 1. The Morgan fingerprint density at radius 3 is 2.67 bits per heavy atom. The molecule has 98 valence electrons. The molecule has 18 heavy (non-hydrogen) atoms. The number of aryl methyl sites for hydroxylation is 1. The Kier molecular flexibility index (Phi) is 3.78. The van der Waals surface area contributed by atoms with Crippen LogP contribution in [0.2, 0.25) is 5.28 Å². The molecule has 0 saturated carbocycles. The van der Waals surface area contributed by atoms with Gasteiger partial charge in [-0.05, 0) is 49.7 Å². The van der Waals surface area contributed by atoms with Crippen LogP contribution in [0.5, 0.6) is 0 Å². The number of anilines is 1. The largest absolute Gasteiger partial charge is 0.364 e. The maximum atomic E-state index is 6.02. The van der Waals surface area contributed by atoms with Crippen LogP contribution >= 0.6 is 22.9 Å². The molecule has 0 spiro atoms. The molecule has 0 aliphatic heterocycles. The Bertz CT molecular complexity index is 557. The summed E-state index contributed by atoms with van der Waals surface area (Å²) in [4.78, 5) is 8.68. The number of fused-ring (bicyclic) bond motifs is 1. The summed E-state index contributed by atoms with van der Waals surface area (Å²) in [6, 6.07) is 0. The number of aromatic nitrogens is 2. The highest BCUT2D eigenvalue weighted by atomic mass is 35.5. The molecule has 2 rings (SSSR count). The van der Waals surface area contributed by atoms with Gasteiger partial charge >= 0.3 is 0 Å². The van der Waals surface area contributed by atoms with Crippen molar-refractivity contribution in [1.82, 2.24) is 9.97 Å². The second-order valence-electron chi connectivity index (χ2n) is 5.40. The molecule has 0 bridgehead atoms. The number of nitrogens with zero attached hydrogens (tertiary/aromatic N) is 2. The molecule has 0 aromatic carbocycles. The van der Waals surface area contributed by atoms with Gasteiger partial charge in [-0.15, -0.1) is 11.3 Å². The molecule has 0 fully saturated rings. The van der Waals surface area contributed by atoms with Gasteiger partial charge in [-0.25, -0.2) is 4.98 Å². The highest BCUT2D eigenvalue weighted by Gasteiger charge is 2.17. The molecule has 0 unspecified atom stereocenters. The topological polar surface area (TPSA) is 37.8 Å². The van der Waals surface area contributed by atoms with Crippen LogP contribution in [0.15, 0.2) is 5.38 Å². The Labute approximate surface area is 117 Å². The molecule has 5 heteroatoms. The minimum atomic E-state index is -0.0421. The second kappa shape index (κ2) is 5.02. The number of nitrogens with one attached hydrogen (secondary N) is 1. The van der Waals surface area contributed by atoms with E-state index in [0.29, 0.717) is 5.28 Å². The van der Waals surface area contributed by atoms with Crippen molar-refractivity contribution >= 4 is 39.0 Å². The monoisotopic (exact) mass is 283 g/mol. The predicted octanol–water partition coefficient (Wildman–Crippen LogP) is 4.51. The Morgan fingerprint density at radius 1 is 1.33 bits per heavy atom. The molecule has 0 radical (unpaired) electrons. The van der Waals surface area contributed by atoms with Gasteiger partial charge in [-0.1, -0.05) is 13.3 Å². The summed E-state index contributed by atoms with van der Waals surface area (Å²) >= 11 is 7.71. The molecule has 0 aliphatic carbocycles.